The van der Waals surface area contributed by atoms with E-state index in [4.69, 9.17) is 5.21 Å². The highest BCUT2D eigenvalue weighted by molar-refractivity contribution is 5.89. The summed E-state index contributed by atoms with van der Waals surface area (Å²) < 4.78 is 15.3. The highest BCUT2D eigenvalue weighted by Gasteiger charge is 2.36. The number of quaternary nitrogens is 1. The standard InChI is InChI=1S/C18H19FN4O4/c19-14-5-4-13(7-16(14)23(26)27)20-18(25)21-8-11-6-12(10-21)15-2-1-3-17(24)22(15)9-11/h1-5,7,11-12,23,26H,6,8-10H2,(H,20,25)/t11-,12+/m1/s1. The van der Waals surface area contributed by atoms with Crippen molar-refractivity contribution in [1.29, 1.82) is 0 Å². The molecule has 2 amide bonds. The van der Waals surface area contributed by atoms with Crippen molar-refractivity contribution in [2.45, 2.75) is 18.9 Å². The lowest BCUT2D eigenvalue weighted by atomic mass is 9.83. The quantitative estimate of drug-likeness (QED) is 0.684. The number of fused-ring (bicyclic) bond motifs is 4. The number of hydrogen-bond acceptors (Lipinski definition) is 4. The SMILES string of the molecule is O=C(Nc1ccc(F)c([NH+]([O-])O)c1)N1C[C@H]2C[C@@H](C1)c1cccc(=O)n1C2. The van der Waals surface area contributed by atoms with Crippen LogP contribution in [0.2, 0.25) is 0 Å². The number of carbonyl (C=O) groups is 1. The molecule has 2 aliphatic rings. The maximum atomic E-state index is 13.5. The van der Waals surface area contributed by atoms with Gasteiger partial charge in [0.1, 0.15) is 0 Å². The monoisotopic (exact) mass is 374 g/mol. The highest BCUT2D eigenvalue weighted by atomic mass is 19.1. The van der Waals surface area contributed by atoms with E-state index < -0.39 is 16.7 Å². The van der Waals surface area contributed by atoms with Crippen LogP contribution in [0.4, 0.5) is 20.6 Å². The number of benzene rings is 1. The van der Waals surface area contributed by atoms with E-state index in [0.717, 1.165) is 24.2 Å². The van der Waals surface area contributed by atoms with E-state index in [1.807, 2.05) is 6.07 Å². The molecule has 3 N–H and O–H groups in total. The Kier molecular flexibility index (Phi) is 4.42. The number of carbonyl (C=O) groups excluding carboxylic acids is 1. The molecule has 3 atom stereocenters. The first-order chi connectivity index (χ1) is 12.9. The number of piperidine rings is 1. The molecule has 1 aromatic heterocycles. The van der Waals surface area contributed by atoms with Gasteiger partial charge < -0.3 is 20.0 Å². The van der Waals surface area contributed by atoms with Crippen molar-refractivity contribution >= 4 is 17.4 Å². The maximum Gasteiger partial charge on any atom is 0.321 e. The fourth-order valence-corrected chi connectivity index (χ4v) is 4.03. The molecular weight excluding hydrogens is 355 g/mol. The van der Waals surface area contributed by atoms with Gasteiger partial charge in [0.05, 0.1) is 0 Å². The van der Waals surface area contributed by atoms with Gasteiger partial charge in [-0.1, -0.05) is 6.07 Å². The summed E-state index contributed by atoms with van der Waals surface area (Å²) in [5.41, 5.74) is 0.654. The van der Waals surface area contributed by atoms with Gasteiger partial charge in [0.25, 0.3) is 5.56 Å². The van der Waals surface area contributed by atoms with Gasteiger partial charge in [-0.25, -0.2) is 14.4 Å². The predicted molar refractivity (Wildman–Crippen MR) is 94.3 cm³/mol. The van der Waals surface area contributed by atoms with Crippen LogP contribution in [0.15, 0.2) is 41.2 Å². The van der Waals surface area contributed by atoms with Crippen LogP contribution in [0.3, 0.4) is 0 Å². The van der Waals surface area contributed by atoms with Crippen LogP contribution in [0.5, 0.6) is 0 Å². The molecule has 0 aliphatic carbocycles. The Morgan fingerprint density at radius 1 is 1.26 bits per heavy atom. The molecule has 3 heterocycles. The van der Waals surface area contributed by atoms with Crippen LogP contribution >= 0.6 is 0 Å². The Labute approximate surface area is 154 Å². The second-order valence-corrected chi connectivity index (χ2v) is 7.03. The van der Waals surface area contributed by atoms with Crippen molar-refractivity contribution in [2.24, 2.45) is 5.92 Å². The molecule has 2 aliphatic heterocycles. The number of nitrogens with zero attached hydrogens (tertiary/aromatic N) is 2. The first-order valence-corrected chi connectivity index (χ1v) is 8.71. The molecule has 1 aromatic carbocycles. The zero-order valence-corrected chi connectivity index (χ0v) is 14.4. The van der Waals surface area contributed by atoms with E-state index in [-0.39, 0.29) is 29.1 Å². The number of urea groups is 1. The maximum absolute atomic E-state index is 13.5. The third-order valence-electron chi connectivity index (χ3n) is 5.22. The predicted octanol–water partition coefficient (Wildman–Crippen LogP) is 1.04. The fourth-order valence-electron chi connectivity index (χ4n) is 4.03. The van der Waals surface area contributed by atoms with E-state index in [9.17, 15) is 19.2 Å². The van der Waals surface area contributed by atoms with Crippen LogP contribution in [0, 0.1) is 16.9 Å². The van der Waals surface area contributed by atoms with Gasteiger partial charge in [0.2, 0.25) is 5.69 Å². The van der Waals surface area contributed by atoms with Gasteiger partial charge in [-0.15, -0.1) is 0 Å². The van der Waals surface area contributed by atoms with Crippen molar-refractivity contribution in [3.05, 3.63) is 63.5 Å². The number of rotatable bonds is 2. The lowest BCUT2D eigenvalue weighted by Gasteiger charge is -2.42. The van der Waals surface area contributed by atoms with Crippen LogP contribution in [0.1, 0.15) is 18.0 Å². The van der Waals surface area contributed by atoms with Gasteiger partial charge in [-0.2, -0.15) is 5.23 Å². The minimum absolute atomic E-state index is 0.0207. The molecule has 1 fully saturated rings. The van der Waals surface area contributed by atoms with Crippen molar-refractivity contribution < 1.29 is 19.6 Å². The zero-order valence-electron chi connectivity index (χ0n) is 14.4. The fraction of sp³-hybridized carbons (Fsp3) is 0.333. The Balaban J connectivity index is 1.52. The number of hydrogen-bond donors (Lipinski definition) is 3. The third-order valence-corrected chi connectivity index (χ3v) is 5.22. The largest absolute Gasteiger partial charge is 0.595 e. The molecule has 1 saturated heterocycles. The van der Waals surface area contributed by atoms with Crippen LogP contribution in [0.25, 0.3) is 0 Å². The minimum Gasteiger partial charge on any atom is -0.595 e. The molecule has 0 radical (unpaired) electrons. The van der Waals surface area contributed by atoms with Crippen molar-refractivity contribution in [1.82, 2.24) is 9.47 Å². The van der Waals surface area contributed by atoms with Gasteiger partial charge >= 0.3 is 6.03 Å². The number of pyridine rings is 1. The van der Waals surface area contributed by atoms with E-state index in [1.165, 1.54) is 6.07 Å². The minimum atomic E-state index is -1.39. The summed E-state index contributed by atoms with van der Waals surface area (Å²) in [4.78, 5) is 26.4. The summed E-state index contributed by atoms with van der Waals surface area (Å²) in [7, 11) is 0. The molecule has 27 heavy (non-hydrogen) atoms. The Morgan fingerprint density at radius 2 is 2.07 bits per heavy atom. The van der Waals surface area contributed by atoms with Crippen LogP contribution < -0.4 is 16.1 Å². The number of likely N-dealkylation sites (tertiary alicyclic amines) is 1. The van der Waals surface area contributed by atoms with Gasteiger partial charge in [-0.3, -0.25) is 4.79 Å². The van der Waals surface area contributed by atoms with E-state index in [0.29, 0.717) is 19.6 Å². The highest BCUT2D eigenvalue weighted by Crippen LogP contribution is 2.35. The summed E-state index contributed by atoms with van der Waals surface area (Å²) in [5.74, 6) is -0.583. The van der Waals surface area contributed by atoms with Crippen molar-refractivity contribution in [3.63, 3.8) is 0 Å². The number of halogens is 1. The van der Waals surface area contributed by atoms with E-state index in [1.54, 1.807) is 21.6 Å². The average molecular weight is 374 g/mol. The van der Waals surface area contributed by atoms with Gasteiger partial charge in [0, 0.05) is 49.1 Å². The van der Waals surface area contributed by atoms with Crippen molar-refractivity contribution in [2.75, 3.05) is 18.4 Å². The Bertz CT molecular complexity index is 945. The van der Waals surface area contributed by atoms with E-state index >= 15 is 0 Å². The third kappa shape index (κ3) is 3.32. The number of aromatic nitrogens is 1. The van der Waals surface area contributed by atoms with E-state index in [2.05, 4.69) is 5.32 Å². The lowest BCUT2D eigenvalue weighted by molar-refractivity contribution is -0.992. The first-order valence-electron chi connectivity index (χ1n) is 8.71. The first kappa shape index (κ1) is 17.7. The van der Waals surface area contributed by atoms with Gasteiger partial charge in [0.15, 0.2) is 5.82 Å². The van der Waals surface area contributed by atoms with Crippen molar-refractivity contribution in [3.8, 4) is 0 Å². The summed E-state index contributed by atoms with van der Waals surface area (Å²) in [5, 5.41) is 21.3. The summed E-state index contributed by atoms with van der Waals surface area (Å²) in [6.45, 7) is 1.56. The van der Waals surface area contributed by atoms with Crippen LogP contribution in [-0.2, 0) is 6.54 Å². The smallest absolute Gasteiger partial charge is 0.321 e. The molecule has 8 nitrogen and oxygen atoms in total. The molecule has 1 unspecified atom stereocenters. The molecule has 9 heteroatoms. The van der Waals surface area contributed by atoms with Crippen LogP contribution in [-0.4, -0.2) is 33.8 Å². The molecule has 0 spiro atoms. The number of nitrogens with one attached hydrogen (secondary N) is 2. The topological polar surface area (TPSA) is 102 Å². The molecule has 2 bridgehead atoms. The molecule has 0 saturated carbocycles. The molecule has 142 valence electrons. The Morgan fingerprint density at radius 3 is 2.85 bits per heavy atom. The lowest BCUT2D eigenvalue weighted by Crippen LogP contribution is -2.99. The molecule has 2 aromatic rings. The summed E-state index contributed by atoms with van der Waals surface area (Å²) in [6.07, 6.45) is 0.924. The average Bonchev–Trinajstić information content (AvgIpc) is 2.64. The number of amides is 2. The molecule has 4 rings (SSSR count). The van der Waals surface area contributed by atoms with Gasteiger partial charge in [-0.05, 0) is 30.5 Å². The number of anilines is 1. The summed E-state index contributed by atoms with van der Waals surface area (Å²) in [6, 6.07) is 8.30. The second kappa shape index (κ2) is 6.76. The zero-order chi connectivity index (χ0) is 19.1. The molecular formula is C18H19FN4O4. The second-order valence-electron chi connectivity index (χ2n) is 7.03. The summed E-state index contributed by atoms with van der Waals surface area (Å²) >= 11 is 0. The normalized spacial score (nSPS) is 22.1. The Hall–Kier alpha value is -2.75.